The number of nitro groups is 1. The summed E-state index contributed by atoms with van der Waals surface area (Å²) in [5.74, 6) is -1.69. The first-order valence-corrected chi connectivity index (χ1v) is 10.9. The smallest absolute Gasteiger partial charge is 0.321 e. The van der Waals surface area contributed by atoms with Crippen LogP contribution in [-0.4, -0.2) is 37.9 Å². The first-order valence-electron chi connectivity index (χ1n) is 9.39. The molecule has 0 fully saturated rings. The van der Waals surface area contributed by atoms with Crippen LogP contribution in [-0.2, 0) is 24.3 Å². The molecule has 1 atom stereocenters. The monoisotopic (exact) mass is 457 g/mol. The van der Waals surface area contributed by atoms with Crippen LogP contribution < -0.4 is 10.0 Å². The standard InChI is InChI=1S/C21H19N3O7S/c1-14(21(26)23-17-7-4-8-18(12-17)24(27)28)31-20(25)13-22-32(29,30)19-10-9-15-5-2-3-6-16(15)11-19/h2-12,14,22H,13H2,1H3,(H,23,26)/t14-/m1/s1. The van der Waals surface area contributed by atoms with Crippen LogP contribution in [0.5, 0.6) is 0 Å². The van der Waals surface area contributed by atoms with Crippen LogP contribution in [0.3, 0.4) is 0 Å². The molecule has 0 saturated heterocycles. The Hall–Kier alpha value is -3.83. The van der Waals surface area contributed by atoms with Crippen molar-refractivity contribution in [1.29, 1.82) is 0 Å². The zero-order valence-electron chi connectivity index (χ0n) is 16.8. The summed E-state index contributed by atoms with van der Waals surface area (Å²) in [6.45, 7) is 0.617. The second kappa shape index (κ2) is 9.54. The number of benzene rings is 3. The van der Waals surface area contributed by atoms with E-state index in [9.17, 15) is 28.1 Å². The summed E-state index contributed by atoms with van der Waals surface area (Å²) >= 11 is 0. The number of non-ortho nitro benzene ring substituents is 1. The van der Waals surface area contributed by atoms with Crippen LogP contribution in [0.2, 0.25) is 0 Å². The molecule has 0 aliphatic carbocycles. The number of nitro benzene ring substituents is 1. The van der Waals surface area contributed by atoms with Crippen molar-refractivity contribution < 1.29 is 27.7 Å². The first kappa shape index (κ1) is 22.8. The number of hydrogen-bond acceptors (Lipinski definition) is 7. The molecule has 0 spiro atoms. The van der Waals surface area contributed by atoms with Gasteiger partial charge in [-0.15, -0.1) is 0 Å². The summed E-state index contributed by atoms with van der Waals surface area (Å²) in [6, 6.07) is 17.0. The summed E-state index contributed by atoms with van der Waals surface area (Å²) in [5.41, 5.74) is -0.0559. The van der Waals surface area contributed by atoms with E-state index in [1.807, 2.05) is 12.1 Å². The van der Waals surface area contributed by atoms with Gasteiger partial charge in [0, 0.05) is 17.8 Å². The number of amides is 1. The van der Waals surface area contributed by atoms with Gasteiger partial charge in [0.1, 0.15) is 6.54 Å². The number of nitrogens with zero attached hydrogens (tertiary/aromatic N) is 1. The van der Waals surface area contributed by atoms with Gasteiger partial charge in [0.15, 0.2) is 6.10 Å². The Morgan fingerprint density at radius 1 is 1.03 bits per heavy atom. The highest BCUT2D eigenvalue weighted by molar-refractivity contribution is 7.89. The van der Waals surface area contributed by atoms with Crippen molar-refractivity contribution in [1.82, 2.24) is 4.72 Å². The molecule has 0 radical (unpaired) electrons. The summed E-state index contributed by atoms with van der Waals surface area (Å²) in [7, 11) is -3.98. The molecule has 3 aromatic carbocycles. The molecular formula is C21H19N3O7S. The minimum absolute atomic E-state index is 0.0135. The molecule has 0 saturated carbocycles. The number of anilines is 1. The predicted molar refractivity (Wildman–Crippen MR) is 116 cm³/mol. The van der Waals surface area contributed by atoms with Gasteiger partial charge in [-0.3, -0.25) is 19.7 Å². The fourth-order valence-corrected chi connectivity index (χ4v) is 3.81. The maximum Gasteiger partial charge on any atom is 0.321 e. The number of nitrogens with one attached hydrogen (secondary N) is 2. The molecule has 3 aromatic rings. The fourth-order valence-electron chi connectivity index (χ4n) is 2.81. The van der Waals surface area contributed by atoms with Crippen LogP contribution in [0.4, 0.5) is 11.4 Å². The van der Waals surface area contributed by atoms with E-state index in [-0.39, 0.29) is 16.3 Å². The molecule has 0 bridgehead atoms. The molecule has 0 heterocycles. The minimum Gasteiger partial charge on any atom is -0.452 e. The zero-order valence-corrected chi connectivity index (χ0v) is 17.7. The maximum atomic E-state index is 12.5. The summed E-state index contributed by atoms with van der Waals surface area (Å²) in [6.07, 6.45) is -1.26. The van der Waals surface area contributed by atoms with E-state index in [1.54, 1.807) is 18.2 Å². The van der Waals surface area contributed by atoms with Crippen LogP contribution in [0.1, 0.15) is 6.92 Å². The van der Waals surface area contributed by atoms with Gasteiger partial charge in [-0.2, -0.15) is 4.72 Å². The van der Waals surface area contributed by atoms with Gasteiger partial charge in [-0.25, -0.2) is 8.42 Å². The molecular weight excluding hydrogens is 438 g/mol. The number of esters is 1. The lowest BCUT2D eigenvalue weighted by atomic mass is 10.1. The average molecular weight is 457 g/mol. The molecule has 2 N–H and O–H groups in total. The summed E-state index contributed by atoms with van der Waals surface area (Å²) < 4.78 is 32.0. The van der Waals surface area contributed by atoms with Crippen LogP contribution in [0, 0.1) is 10.1 Å². The van der Waals surface area contributed by atoms with Crippen molar-refractivity contribution in [2.24, 2.45) is 0 Å². The molecule has 3 rings (SSSR count). The third-order valence-corrected chi connectivity index (χ3v) is 5.84. The number of fused-ring (bicyclic) bond motifs is 1. The van der Waals surface area contributed by atoms with Crippen LogP contribution >= 0.6 is 0 Å². The van der Waals surface area contributed by atoms with Gasteiger partial charge in [0.2, 0.25) is 10.0 Å². The molecule has 0 aliphatic rings. The highest BCUT2D eigenvalue weighted by atomic mass is 32.2. The average Bonchev–Trinajstić information content (AvgIpc) is 2.77. The Bertz CT molecular complexity index is 1290. The normalized spacial score (nSPS) is 12.2. The van der Waals surface area contributed by atoms with Crippen molar-refractivity contribution in [2.75, 3.05) is 11.9 Å². The predicted octanol–water partition coefficient (Wildman–Crippen LogP) is 2.60. The number of ether oxygens (including phenoxy) is 1. The second-order valence-electron chi connectivity index (χ2n) is 6.76. The van der Waals surface area contributed by atoms with Crippen LogP contribution in [0.15, 0.2) is 71.6 Å². The van der Waals surface area contributed by atoms with Crippen molar-refractivity contribution in [3.05, 3.63) is 76.8 Å². The lowest BCUT2D eigenvalue weighted by Gasteiger charge is -2.14. The quantitative estimate of drug-likeness (QED) is 0.300. The molecule has 32 heavy (non-hydrogen) atoms. The molecule has 10 nitrogen and oxygen atoms in total. The van der Waals surface area contributed by atoms with E-state index in [0.717, 1.165) is 16.8 Å². The van der Waals surface area contributed by atoms with Gasteiger partial charge < -0.3 is 10.1 Å². The molecule has 166 valence electrons. The Balaban J connectivity index is 1.56. The number of sulfonamides is 1. The maximum absolute atomic E-state index is 12.5. The molecule has 0 unspecified atom stereocenters. The highest BCUT2D eigenvalue weighted by Crippen LogP contribution is 2.19. The van der Waals surface area contributed by atoms with Gasteiger partial charge in [0.05, 0.1) is 9.82 Å². The Morgan fingerprint density at radius 2 is 1.75 bits per heavy atom. The largest absolute Gasteiger partial charge is 0.452 e. The van der Waals surface area contributed by atoms with Crippen molar-refractivity contribution in [2.45, 2.75) is 17.9 Å². The number of carbonyl (C=O) groups is 2. The third kappa shape index (κ3) is 5.65. The molecule has 1 amide bonds. The van der Waals surface area contributed by atoms with E-state index in [4.69, 9.17) is 4.74 Å². The van der Waals surface area contributed by atoms with E-state index < -0.39 is 39.5 Å². The number of rotatable bonds is 8. The topological polar surface area (TPSA) is 145 Å². The van der Waals surface area contributed by atoms with Gasteiger partial charge in [0.25, 0.3) is 11.6 Å². The summed E-state index contributed by atoms with van der Waals surface area (Å²) in [5, 5.41) is 14.8. The SMILES string of the molecule is C[C@@H](OC(=O)CNS(=O)(=O)c1ccc2ccccc2c1)C(=O)Nc1cccc([N+](=O)[O-])c1. The Morgan fingerprint density at radius 3 is 2.47 bits per heavy atom. The van der Waals surface area contributed by atoms with E-state index in [0.29, 0.717) is 0 Å². The number of hydrogen-bond donors (Lipinski definition) is 2. The van der Waals surface area contributed by atoms with Crippen molar-refractivity contribution >= 4 is 44.0 Å². The minimum atomic E-state index is -3.98. The highest BCUT2D eigenvalue weighted by Gasteiger charge is 2.21. The van der Waals surface area contributed by atoms with Gasteiger partial charge >= 0.3 is 5.97 Å². The van der Waals surface area contributed by atoms with E-state index in [2.05, 4.69) is 10.0 Å². The molecule has 11 heteroatoms. The fraction of sp³-hybridized carbons (Fsp3) is 0.143. The van der Waals surface area contributed by atoms with E-state index >= 15 is 0 Å². The second-order valence-corrected chi connectivity index (χ2v) is 8.53. The third-order valence-electron chi connectivity index (χ3n) is 4.44. The van der Waals surface area contributed by atoms with Gasteiger partial charge in [-0.05, 0) is 35.9 Å². The van der Waals surface area contributed by atoms with E-state index in [1.165, 1.54) is 37.3 Å². The number of carbonyl (C=O) groups excluding carboxylic acids is 2. The molecule has 0 aliphatic heterocycles. The van der Waals surface area contributed by atoms with Crippen molar-refractivity contribution in [3.63, 3.8) is 0 Å². The van der Waals surface area contributed by atoms with Crippen molar-refractivity contribution in [3.8, 4) is 0 Å². The first-order chi connectivity index (χ1) is 15.2. The van der Waals surface area contributed by atoms with Crippen LogP contribution in [0.25, 0.3) is 10.8 Å². The zero-order chi connectivity index (χ0) is 23.3. The lowest BCUT2D eigenvalue weighted by Crippen LogP contribution is -2.35. The Labute approximate surface area is 183 Å². The lowest BCUT2D eigenvalue weighted by molar-refractivity contribution is -0.384. The van der Waals surface area contributed by atoms with Gasteiger partial charge in [-0.1, -0.05) is 36.4 Å². The summed E-state index contributed by atoms with van der Waals surface area (Å²) in [4.78, 5) is 34.4. The Kier molecular flexibility index (Phi) is 6.81. The molecule has 0 aromatic heterocycles.